The topological polar surface area (TPSA) is 182 Å². The van der Waals surface area contributed by atoms with Crippen molar-refractivity contribution < 1.29 is 46.9 Å². The van der Waals surface area contributed by atoms with Gasteiger partial charge < -0.3 is 34.9 Å². The average Bonchev–Trinajstić information content (AvgIpc) is 3.27. The van der Waals surface area contributed by atoms with Crippen molar-refractivity contribution >= 4 is 46.5 Å². The van der Waals surface area contributed by atoms with E-state index in [0.717, 1.165) is 5.56 Å². The molecule has 248 valence electrons. The Bertz CT molecular complexity index is 1620. The van der Waals surface area contributed by atoms with Crippen molar-refractivity contribution in [3.8, 4) is 0 Å². The number of β-amino-alcohol motifs (C(OH)–C–C–N with tert-alkyl or cyclic N) is 1. The van der Waals surface area contributed by atoms with Crippen LogP contribution in [0.1, 0.15) is 43.1 Å². The van der Waals surface area contributed by atoms with E-state index in [-0.39, 0.29) is 40.5 Å². The predicted octanol–water partition coefficient (Wildman–Crippen LogP) is 4.02. The molecule has 46 heavy (non-hydrogen) atoms. The van der Waals surface area contributed by atoms with Crippen molar-refractivity contribution in [2.45, 2.75) is 57.7 Å². The van der Waals surface area contributed by atoms with Crippen LogP contribution in [0, 0.1) is 5.92 Å². The van der Waals surface area contributed by atoms with Gasteiger partial charge in [-0.15, -0.1) is 0 Å². The fourth-order valence-corrected chi connectivity index (χ4v) is 5.49. The number of furan rings is 1. The second-order valence-electron chi connectivity index (χ2n) is 12.3. The maximum Gasteiger partial charge on any atom is 0.414 e. The Morgan fingerprint density at radius 3 is 2.50 bits per heavy atom. The molecule has 0 unspecified atom stereocenters. The lowest BCUT2D eigenvalue weighted by Gasteiger charge is -2.40. The molecule has 14 nitrogen and oxygen atoms in total. The van der Waals surface area contributed by atoms with Crippen LogP contribution in [0.5, 0.6) is 0 Å². The molecule has 17 heteroatoms. The van der Waals surface area contributed by atoms with Gasteiger partial charge in [-0.05, 0) is 44.9 Å². The highest BCUT2D eigenvalue weighted by molar-refractivity contribution is 6.16. The highest BCUT2D eigenvalue weighted by Crippen LogP contribution is 2.38. The number of carbonyl (C=O) groups excluding carboxylic acids is 2. The van der Waals surface area contributed by atoms with E-state index in [2.05, 4.69) is 25.9 Å². The lowest BCUT2D eigenvalue weighted by molar-refractivity contribution is -0.177. The fourth-order valence-electron chi connectivity index (χ4n) is 5.49. The van der Waals surface area contributed by atoms with Crippen LogP contribution in [0.25, 0.3) is 11.1 Å². The number of rotatable bonds is 7. The quantitative estimate of drug-likeness (QED) is 0.249. The SMILES string of the molecule is CC(C)(C)OC(=O)Nc1oc2cc(CN3CC(O)C3)cnc2c1C(=O)Nc1cnccc1N1C[C@@H](NC(=O)O)C[C@@H](C(F)(F)F)C1. The molecule has 5 heterocycles. The Balaban J connectivity index is 1.46. The Hall–Kier alpha value is -4.64. The summed E-state index contributed by atoms with van der Waals surface area (Å²) in [5.41, 5.74) is 0.180. The van der Waals surface area contributed by atoms with Crippen LogP contribution in [0.15, 0.2) is 35.1 Å². The third-order valence-electron chi connectivity index (χ3n) is 7.40. The van der Waals surface area contributed by atoms with Gasteiger partial charge in [0.05, 0.1) is 35.6 Å². The number of hydrogen-bond donors (Lipinski definition) is 5. The first-order valence-corrected chi connectivity index (χ1v) is 14.4. The molecule has 3 aromatic heterocycles. The largest absolute Gasteiger partial charge is 0.465 e. The highest BCUT2D eigenvalue weighted by Gasteiger charge is 2.45. The minimum Gasteiger partial charge on any atom is -0.465 e. The monoisotopic (exact) mass is 649 g/mol. The molecular formula is C29H34F3N7O7. The average molecular weight is 650 g/mol. The summed E-state index contributed by atoms with van der Waals surface area (Å²) in [6.07, 6.45) is -3.66. The van der Waals surface area contributed by atoms with Gasteiger partial charge >= 0.3 is 18.4 Å². The standard InChI is InChI=1S/C29H34F3N7O7/c1-28(2,3)46-27(44)37-25-22(23-21(45-25)6-15(8-34-23)10-38-13-18(40)14-38)24(41)36-19-9-33-5-4-20(19)39-11-16(29(30,31)32)7-17(12-39)35-26(42)43/h4-6,8-9,16-18,35,40H,7,10-14H2,1-3H3,(H,36,41)(H,37,44)(H,42,43)/t16-,17+/m1/s1. The first-order valence-electron chi connectivity index (χ1n) is 14.4. The number of aliphatic hydroxyl groups excluding tert-OH is 1. The molecule has 2 saturated heterocycles. The zero-order valence-electron chi connectivity index (χ0n) is 25.2. The summed E-state index contributed by atoms with van der Waals surface area (Å²) in [5, 5.41) is 26.0. The minimum atomic E-state index is -4.59. The Morgan fingerprint density at radius 2 is 1.85 bits per heavy atom. The van der Waals surface area contributed by atoms with Crippen LogP contribution in [0.4, 0.5) is 40.0 Å². The molecule has 2 aliphatic heterocycles. The summed E-state index contributed by atoms with van der Waals surface area (Å²) in [4.78, 5) is 49.5. The Morgan fingerprint density at radius 1 is 1.11 bits per heavy atom. The third-order valence-corrected chi connectivity index (χ3v) is 7.40. The first-order chi connectivity index (χ1) is 21.6. The normalized spacial score (nSPS) is 19.4. The molecule has 2 atom stereocenters. The van der Waals surface area contributed by atoms with E-state index >= 15 is 0 Å². The number of halogens is 3. The van der Waals surface area contributed by atoms with Gasteiger partial charge in [0.2, 0.25) is 5.88 Å². The van der Waals surface area contributed by atoms with Gasteiger partial charge in [-0.25, -0.2) is 9.59 Å². The van der Waals surface area contributed by atoms with E-state index in [9.17, 15) is 37.8 Å². The third kappa shape index (κ3) is 7.77. The molecule has 0 spiro atoms. The molecule has 0 bridgehead atoms. The van der Waals surface area contributed by atoms with Crippen molar-refractivity contribution in [3.05, 3.63) is 41.9 Å². The van der Waals surface area contributed by atoms with Gasteiger partial charge in [-0.2, -0.15) is 13.2 Å². The van der Waals surface area contributed by atoms with Crippen LogP contribution >= 0.6 is 0 Å². The van der Waals surface area contributed by atoms with Gasteiger partial charge in [-0.3, -0.25) is 25.0 Å². The number of alkyl halides is 3. The summed E-state index contributed by atoms with van der Waals surface area (Å²) in [7, 11) is 0. The summed E-state index contributed by atoms with van der Waals surface area (Å²) in [5.74, 6) is -2.91. The second-order valence-corrected chi connectivity index (χ2v) is 12.3. The smallest absolute Gasteiger partial charge is 0.414 e. The zero-order chi connectivity index (χ0) is 33.4. The lowest BCUT2D eigenvalue weighted by Crippen LogP contribution is -2.53. The summed E-state index contributed by atoms with van der Waals surface area (Å²) < 4.78 is 52.6. The molecule has 0 radical (unpaired) electrons. The Labute approximate surface area is 260 Å². The molecule has 3 aromatic rings. The fraction of sp³-hybridized carbons (Fsp3) is 0.483. The maximum absolute atomic E-state index is 13.8. The molecule has 0 saturated carbocycles. The maximum atomic E-state index is 13.8. The van der Waals surface area contributed by atoms with Crippen LogP contribution in [0.3, 0.4) is 0 Å². The number of carbonyl (C=O) groups is 3. The highest BCUT2D eigenvalue weighted by atomic mass is 19.4. The van der Waals surface area contributed by atoms with E-state index in [4.69, 9.17) is 9.15 Å². The zero-order valence-corrected chi connectivity index (χ0v) is 25.2. The van der Waals surface area contributed by atoms with E-state index < -0.39 is 60.9 Å². The van der Waals surface area contributed by atoms with Crippen molar-refractivity contribution in [2.24, 2.45) is 5.92 Å². The number of pyridine rings is 2. The summed E-state index contributed by atoms with van der Waals surface area (Å²) >= 11 is 0. The van der Waals surface area contributed by atoms with E-state index in [1.54, 1.807) is 26.8 Å². The number of amides is 3. The van der Waals surface area contributed by atoms with Crippen molar-refractivity contribution in [2.75, 3.05) is 41.7 Å². The van der Waals surface area contributed by atoms with Crippen LogP contribution in [-0.4, -0.2) is 93.3 Å². The predicted molar refractivity (Wildman–Crippen MR) is 159 cm³/mol. The second kappa shape index (κ2) is 12.6. The molecule has 0 aromatic carbocycles. The number of piperidine rings is 1. The van der Waals surface area contributed by atoms with Crippen molar-refractivity contribution in [1.82, 2.24) is 20.2 Å². The van der Waals surface area contributed by atoms with Crippen molar-refractivity contribution in [3.63, 3.8) is 0 Å². The number of ether oxygens (including phenoxy) is 1. The number of carboxylic acid groups (broad SMARTS) is 1. The number of fused-ring (bicyclic) bond motifs is 1. The summed E-state index contributed by atoms with van der Waals surface area (Å²) in [6, 6.07) is 2.03. The molecular weight excluding hydrogens is 615 g/mol. The van der Waals surface area contributed by atoms with E-state index in [1.807, 2.05) is 4.90 Å². The van der Waals surface area contributed by atoms with Crippen LogP contribution in [-0.2, 0) is 11.3 Å². The number of hydrogen-bond acceptors (Lipinski definition) is 10. The molecule has 2 aliphatic rings. The van der Waals surface area contributed by atoms with Gasteiger partial charge in [0.1, 0.15) is 16.7 Å². The number of likely N-dealkylation sites (tertiary alicyclic amines) is 1. The molecule has 3 amide bonds. The van der Waals surface area contributed by atoms with E-state index in [0.29, 0.717) is 19.6 Å². The minimum absolute atomic E-state index is 0.0370. The van der Waals surface area contributed by atoms with Gasteiger partial charge in [-0.1, -0.05) is 0 Å². The number of nitrogens with one attached hydrogen (secondary N) is 3. The number of nitrogens with zero attached hydrogens (tertiary/aromatic N) is 4. The van der Waals surface area contributed by atoms with Crippen molar-refractivity contribution in [1.29, 1.82) is 0 Å². The lowest BCUT2D eigenvalue weighted by atomic mass is 9.93. The van der Waals surface area contributed by atoms with E-state index in [1.165, 1.54) is 29.6 Å². The van der Waals surface area contributed by atoms with Crippen LogP contribution < -0.4 is 20.9 Å². The molecule has 0 aliphatic carbocycles. The van der Waals surface area contributed by atoms with Gasteiger partial charge in [0.15, 0.2) is 5.58 Å². The molecule has 5 N–H and O–H groups in total. The number of aliphatic hydroxyl groups is 1. The first kappa shape index (κ1) is 32.7. The Kier molecular flexibility index (Phi) is 8.99. The number of aromatic nitrogens is 2. The molecule has 2 fully saturated rings. The van der Waals surface area contributed by atoms with Gasteiger partial charge in [0, 0.05) is 45.1 Å². The summed E-state index contributed by atoms with van der Waals surface area (Å²) in [6.45, 7) is 5.85. The van der Waals surface area contributed by atoms with Gasteiger partial charge in [0.25, 0.3) is 5.91 Å². The van der Waals surface area contributed by atoms with Crippen LogP contribution in [0.2, 0.25) is 0 Å². The molecule has 5 rings (SSSR count). The number of anilines is 3.